The van der Waals surface area contributed by atoms with Crippen LogP contribution < -0.4 is 10.2 Å². The van der Waals surface area contributed by atoms with Gasteiger partial charge in [0, 0.05) is 26.2 Å². The van der Waals surface area contributed by atoms with E-state index in [-0.39, 0.29) is 6.03 Å². The van der Waals surface area contributed by atoms with Gasteiger partial charge in [0.1, 0.15) is 0 Å². The monoisotopic (exact) mass is 346 g/mol. The molecular formula is C20H34N4O. The maximum absolute atomic E-state index is 13.0. The molecule has 5 heteroatoms. The molecule has 0 aliphatic heterocycles. The SMILES string of the molecule is CCN=C(NC(=O)N(CC)c1c(CC)cccc1CC)N(CC)CC. The van der Waals surface area contributed by atoms with Gasteiger partial charge in [0.15, 0.2) is 0 Å². The summed E-state index contributed by atoms with van der Waals surface area (Å²) in [5, 5.41) is 3.03. The summed E-state index contributed by atoms with van der Waals surface area (Å²) in [5.74, 6) is 0.656. The number of urea groups is 1. The maximum atomic E-state index is 13.0. The summed E-state index contributed by atoms with van der Waals surface area (Å²) in [5.41, 5.74) is 3.45. The van der Waals surface area contributed by atoms with Crippen molar-refractivity contribution in [1.82, 2.24) is 10.2 Å². The highest BCUT2D eigenvalue weighted by molar-refractivity contribution is 6.04. The van der Waals surface area contributed by atoms with Crippen molar-refractivity contribution in [2.24, 2.45) is 4.99 Å². The highest BCUT2D eigenvalue weighted by Gasteiger charge is 2.21. The number of hydrogen-bond donors (Lipinski definition) is 1. The van der Waals surface area contributed by atoms with E-state index >= 15 is 0 Å². The Labute approximate surface area is 153 Å². The van der Waals surface area contributed by atoms with Gasteiger partial charge in [-0.25, -0.2) is 4.79 Å². The highest BCUT2D eigenvalue weighted by Crippen LogP contribution is 2.27. The van der Waals surface area contributed by atoms with Crippen LogP contribution in [0.1, 0.15) is 52.7 Å². The molecule has 0 saturated heterocycles. The number of guanidine groups is 1. The van der Waals surface area contributed by atoms with Crippen molar-refractivity contribution < 1.29 is 4.79 Å². The van der Waals surface area contributed by atoms with Gasteiger partial charge in [0.2, 0.25) is 5.96 Å². The molecule has 1 rings (SSSR count). The Morgan fingerprint density at radius 3 is 1.92 bits per heavy atom. The summed E-state index contributed by atoms with van der Waals surface area (Å²) >= 11 is 0. The third kappa shape index (κ3) is 5.21. The number of nitrogens with zero attached hydrogens (tertiary/aromatic N) is 3. The number of para-hydroxylation sites is 1. The first-order valence-corrected chi connectivity index (χ1v) is 9.56. The molecule has 25 heavy (non-hydrogen) atoms. The van der Waals surface area contributed by atoms with Gasteiger partial charge in [-0.2, -0.15) is 0 Å². The predicted octanol–water partition coefficient (Wildman–Crippen LogP) is 4.07. The second-order valence-corrected chi connectivity index (χ2v) is 5.78. The van der Waals surface area contributed by atoms with Gasteiger partial charge in [-0.3, -0.25) is 15.2 Å². The number of nitrogens with one attached hydrogen (secondary N) is 1. The molecule has 0 heterocycles. The first kappa shape index (κ1) is 21.0. The second kappa shape index (κ2) is 10.7. The molecule has 0 saturated carbocycles. The van der Waals surface area contributed by atoms with Crippen LogP contribution in [0.25, 0.3) is 0 Å². The molecule has 0 radical (unpaired) electrons. The Balaban J connectivity index is 3.19. The van der Waals surface area contributed by atoms with Crippen molar-refractivity contribution in [1.29, 1.82) is 0 Å². The largest absolute Gasteiger partial charge is 0.343 e. The second-order valence-electron chi connectivity index (χ2n) is 5.78. The number of aryl methyl sites for hydroxylation is 2. The van der Waals surface area contributed by atoms with Gasteiger partial charge in [0.25, 0.3) is 0 Å². The molecule has 1 aromatic rings. The lowest BCUT2D eigenvalue weighted by atomic mass is 10.0. The Morgan fingerprint density at radius 2 is 1.52 bits per heavy atom. The minimum absolute atomic E-state index is 0.114. The summed E-state index contributed by atoms with van der Waals surface area (Å²) in [7, 11) is 0. The maximum Gasteiger partial charge on any atom is 0.328 e. The Hall–Kier alpha value is -2.04. The van der Waals surface area contributed by atoms with Crippen LogP contribution in [0, 0.1) is 0 Å². The van der Waals surface area contributed by atoms with Crippen molar-refractivity contribution in [3.63, 3.8) is 0 Å². The molecule has 1 N–H and O–H groups in total. The third-order valence-corrected chi connectivity index (χ3v) is 4.39. The average Bonchev–Trinajstić information content (AvgIpc) is 2.63. The van der Waals surface area contributed by atoms with Crippen molar-refractivity contribution in [2.75, 3.05) is 31.1 Å². The first-order chi connectivity index (χ1) is 12.1. The quantitative estimate of drug-likeness (QED) is 0.598. The van der Waals surface area contributed by atoms with E-state index in [1.807, 2.05) is 18.7 Å². The fourth-order valence-electron chi connectivity index (χ4n) is 3.02. The standard InChI is InChI=1S/C20H34N4O/c1-7-16-14-13-15-17(8-2)18(16)24(12-6)20(25)22-19(21-9-3)23(10-4)11-5/h13-15H,7-12H2,1-6H3,(H,21,22,25). The van der Waals surface area contributed by atoms with Gasteiger partial charge < -0.3 is 4.90 Å². The summed E-state index contributed by atoms with van der Waals surface area (Å²) in [6.07, 6.45) is 1.80. The van der Waals surface area contributed by atoms with Crippen molar-refractivity contribution >= 4 is 17.7 Å². The number of amides is 2. The van der Waals surface area contributed by atoms with Crippen LogP contribution in [0.3, 0.4) is 0 Å². The van der Waals surface area contributed by atoms with E-state index in [1.165, 1.54) is 11.1 Å². The number of anilines is 1. The van der Waals surface area contributed by atoms with Crippen LogP contribution in [0.2, 0.25) is 0 Å². The molecule has 0 aliphatic rings. The number of rotatable bonds is 7. The number of aliphatic imine (C=N–C) groups is 1. The first-order valence-electron chi connectivity index (χ1n) is 9.56. The molecule has 0 bridgehead atoms. The van der Waals surface area contributed by atoms with E-state index in [2.05, 4.69) is 61.1 Å². The summed E-state index contributed by atoms with van der Waals surface area (Å²) < 4.78 is 0. The van der Waals surface area contributed by atoms with E-state index in [0.29, 0.717) is 19.0 Å². The fraction of sp³-hybridized carbons (Fsp3) is 0.600. The molecule has 0 unspecified atom stereocenters. The summed E-state index contributed by atoms with van der Waals surface area (Å²) in [4.78, 5) is 21.4. The van der Waals surface area contributed by atoms with Crippen molar-refractivity contribution in [3.8, 4) is 0 Å². The van der Waals surface area contributed by atoms with Crippen LogP contribution in [-0.2, 0) is 12.8 Å². The van der Waals surface area contributed by atoms with Crippen LogP contribution >= 0.6 is 0 Å². The zero-order valence-corrected chi connectivity index (χ0v) is 16.7. The number of hydrogen-bond acceptors (Lipinski definition) is 2. The van der Waals surface area contributed by atoms with Gasteiger partial charge in [-0.05, 0) is 51.7 Å². The zero-order valence-electron chi connectivity index (χ0n) is 16.7. The van der Waals surface area contributed by atoms with Gasteiger partial charge in [-0.15, -0.1) is 0 Å². The minimum Gasteiger partial charge on any atom is -0.343 e. The van der Waals surface area contributed by atoms with Gasteiger partial charge >= 0.3 is 6.03 Å². The van der Waals surface area contributed by atoms with Crippen LogP contribution in [0.4, 0.5) is 10.5 Å². The lowest BCUT2D eigenvalue weighted by Crippen LogP contribution is -2.50. The van der Waals surface area contributed by atoms with E-state index in [4.69, 9.17) is 0 Å². The normalized spacial score (nSPS) is 11.4. The molecule has 2 amide bonds. The predicted molar refractivity (Wildman–Crippen MR) is 108 cm³/mol. The fourth-order valence-corrected chi connectivity index (χ4v) is 3.02. The molecule has 0 aliphatic carbocycles. The van der Waals surface area contributed by atoms with Gasteiger partial charge in [-0.1, -0.05) is 32.0 Å². The van der Waals surface area contributed by atoms with Gasteiger partial charge in [0.05, 0.1) is 5.69 Å². The minimum atomic E-state index is -0.114. The molecule has 0 spiro atoms. The zero-order chi connectivity index (χ0) is 18.8. The Bertz CT molecular complexity index is 557. The van der Waals surface area contributed by atoms with Crippen molar-refractivity contribution in [2.45, 2.75) is 54.4 Å². The number of benzene rings is 1. The summed E-state index contributed by atoms with van der Waals surface area (Å²) in [6, 6.07) is 6.18. The van der Waals surface area contributed by atoms with E-state index in [1.54, 1.807) is 0 Å². The van der Waals surface area contributed by atoms with E-state index < -0.39 is 0 Å². The molecular weight excluding hydrogens is 312 g/mol. The lowest BCUT2D eigenvalue weighted by molar-refractivity contribution is 0.249. The van der Waals surface area contributed by atoms with Crippen LogP contribution in [0.15, 0.2) is 23.2 Å². The Morgan fingerprint density at radius 1 is 0.960 bits per heavy atom. The number of carbonyl (C=O) groups excluding carboxylic acids is 1. The van der Waals surface area contributed by atoms with Crippen LogP contribution in [-0.4, -0.2) is 43.1 Å². The molecule has 1 aromatic carbocycles. The molecule has 0 atom stereocenters. The Kier molecular flexibility index (Phi) is 9.03. The van der Waals surface area contributed by atoms with Crippen LogP contribution in [0.5, 0.6) is 0 Å². The van der Waals surface area contributed by atoms with E-state index in [9.17, 15) is 4.79 Å². The highest BCUT2D eigenvalue weighted by atomic mass is 16.2. The molecule has 5 nitrogen and oxygen atoms in total. The smallest absolute Gasteiger partial charge is 0.328 e. The number of carbonyl (C=O) groups is 1. The molecule has 140 valence electrons. The topological polar surface area (TPSA) is 47.9 Å². The molecule has 0 fully saturated rings. The molecule has 0 aromatic heterocycles. The lowest BCUT2D eigenvalue weighted by Gasteiger charge is -2.29. The summed E-state index contributed by atoms with van der Waals surface area (Å²) in [6.45, 7) is 15.3. The average molecular weight is 347 g/mol. The van der Waals surface area contributed by atoms with Crippen molar-refractivity contribution in [3.05, 3.63) is 29.3 Å². The van der Waals surface area contributed by atoms with E-state index in [0.717, 1.165) is 31.6 Å². The third-order valence-electron chi connectivity index (χ3n) is 4.39.